The normalized spacial score (nSPS) is 27.0. The fourth-order valence-corrected chi connectivity index (χ4v) is 5.32. The van der Waals surface area contributed by atoms with Crippen LogP contribution in [0.3, 0.4) is 0 Å². The molecular formula is C25H20O4. The second kappa shape index (κ2) is 5.63. The van der Waals surface area contributed by atoms with E-state index in [0.717, 1.165) is 21.9 Å². The zero-order chi connectivity index (χ0) is 20.6. The average molecular weight is 384 g/mol. The minimum absolute atomic E-state index is 0.199. The topological polar surface area (TPSA) is 60.4 Å². The second-order valence-electron chi connectivity index (χ2n) is 8.28. The zero-order valence-electron chi connectivity index (χ0n) is 16.5. The summed E-state index contributed by atoms with van der Waals surface area (Å²) in [4.78, 5) is 39.6. The van der Waals surface area contributed by atoms with Gasteiger partial charge in [-0.2, -0.15) is 0 Å². The molecule has 3 aromatic rings. The fraction of sp³-hybridized carbons (Fsp3) is 0.240. The lowest BCUT2D eigenvalue weighted by Crippen LogP contribution is -2.37. The summed E-state index contributed by atoms with van der Waals surface area (Å²) in [6.45, 7) is 5.07. The van der Waals surface area contributed by atoms with E-state index in [4.69, 9.17) is 4.74 Å². The first-order chi connectivity index (χ1) is 13.8. The monoisotopic (exact) mass is 384 g/mol. The summed E-state index contributed by atoms with van der Waals surface area (Å²) in [6.07, 6.45) is 0. The van der Waals surface area contributed by atoms with Gasteiger partial charge in [0.2, 0.25) is 0 Å². The van der Waals surface area contributed by atoms with Crippen LogP contribution in [0.5, 0.6) is 5.75 Å². The van der Waals surface area contributed by atoms with E-state index in [1.165, 1.54) is 6.92 Å². The van der Waals surface area contributed by atoms with Crippen LogP contribution in [0.15, 0.2) is 60.7 Å². The molecule has 0 spiro atoms. The van der Waals surface area contributed by atoms with Crippen molar-refractivity contribution in [3.8, 4) is 5.75 Å². The highest BCUT2D eigenvalue weighted by Crippen LogP contribution is 2.79. The van der Waals surface area contributed by atoms with Crippen molar-refractivity contribution in [2.75, 3.05) is 0 Å². The summed E-state index contributed by atoms with van der Waals surface area (Å²) in [5.41, 5.74) is -0.340. The summed E-state index contributed by atoms with van der Waals surface area (Å²) in [5.74, 6) is -1.25. The van der Waals surface area contributed by atoms with Gasteiger partial charge >= 0.3 is 5.97 Å². The van der Waals surface area contributed by atoms with Crippen molar-refractivity contribution in [2.24, 2.45) is 10.8 Å². The number of hydrogen-bond acceptors (Lipinski definition) is 4. The molecule has 4 nitrogen and oxygen atoms in total. The number of carbonyl (C=O) groups excluding carboxylic acids is 3. The van der Waals surface area contributed by atoms with Crippen molar-refractivity contribution < 1.29 is 19.1 Å². The minimum Gasteiger partial charge on any atom is -0.425 e. The molecule has 3 atom stereocenters. The molecule has 4 heteroatoms. The van der Waals surface area contributed by atoms with Gasteiger partial charge in [-0.25, -0.2) is 0 Å². The largest absolute Gasteiger partial charge is 0.425 e. The molecule has 1 heterocycles. The van der Waals surface area contributed by atoms with E-state index in [1.807, 2.05) is 49.4 Å². The van der Waals surface area contributed by atoms with Gasteiger partial charge in [0.25, 0.3) is 0 Å². The predicted octanol–water partition coefficient (Wildman–Crippen LogP) is 4.63. The first-order valence-electron chi connectivity index (χ1n) is 9.70. The number of hydrogen-bond donors (Lipinski definition) is 0. The molecule has 3 aromatic carbocycles. The number of benzene rings is 3. The SMILES string of the molecule is CC(=O)[C@@]12C(=O)Oc3ccc4ccccc4c3[C@H]1[C@]2(C)C(=O)c1ccc(C)cc1. The molecule has 0 N–H and O–H groups in total. The third-order valence-corrected chi connectivity index (χ3v) is 6.83. The van der Waals surface area contributed by atoms with Gasteiger partial charge in [-0.1, -0.05) is 67.1 Å². The maximum absolute atomic E-state index is 13.6. The molecule has 0 aromatic heterocycles. The molecule has 5 rings (SSSR count). The Morgan fingerprint density at radius 1 is 0.966 bits per heavy atom. The number of carbonyl (C=O) groups is 3. The standard InChI is InChI=1S/C25H20O4/c1-14-8-10-17(11-9-14)22(27)24(3)21-20-18-7-5-4-6-16(18)12-13-19(20)29-23(28)25(21,24)15(2)26/h4-13,21H,1-3H3/t21-,24+,25-/m0/s1. The Morgan fingerprint density at radius 2 is 1.66 bits per heavy atom. The molecule has 1 aliphatic heterocycles. The van der Waals surface area contributed by atoms with Gasteiger partial charge in [-0.3, -0.25) is 14.4 Å². The number of Topliss-reactive ketones (excluding diaryl/α,β-unsaturated/α-hetero) is 2. The Morgan fingerprint density at radius 3 is 2.34 bits per heavy atom. The van der Waals surface area contributed by atoms with E-state index in [0.29, 0.717) is 11.3 Å². The van der Waals surface area contributed by atoms with Crippen LogP contribution in [-0.2, 0) is 9.59 Å². The van der Waals surface area contributed by atoms with Gasteiger partial charge in [-0.15, -0.1) is 0 Å². The number of ether oxygens (including phenoxy) is 1. The Balaban J connectivity index is 1.77. The predicted molar refractivity (Wildman–Crippen MR) is 109 cm³/mol. The highest BCUT2D eigenvalue weighted by Gasteiger charge is 2.86. The highest BCUT2D eigenvalue weighted by molar-refractivity contribution is 6.22. The van der Waals surface area contributed by atoms with E-state index in [9.17, 15) is 14.4 Å². The molecular weight excluding hydrogens is 364 g/mol. The van der Waals surface area contributed by atoms with Crippen molar-refractivity contribution in [1.29, 1.82) is 0 Å². The summed E-state index contributed by atoms with van der Waals surface area (Å²) in [5, 5.41) is 1.90. The van der Waals surface area contributed by atoms with E-state index in [-0.39, 0.29) is 11.6 Å². The molecule has 1 aliphatic carbocycles. The average Bonchev–Trinajstić information content (AvgIpc) is 3.31. The smallest absolute Gasteiger partial charge is 0.326 e. The Bertz CT molecular complexity index is 1220. The van der Waals surface area contributed by atoms with Crippen molar-refractivity contribution in [1.82, 2.24) is 0 Å². The highest BCUT2D eigenvalue weighted by atomic mass is 16.5. The van der Waals surface area contributed by atoms with Crippen LogP contribution in [0.2, 0.25) is 0 Å². The summed E-state index contributed by atoms with van der Waals surface area (Å²) in [7, 11) is 0. The molecule has 144 valence electrons. The van der Waals surface area contributed by atoms with Crippen LogP contribution in [0.1, 0.15) is 41.3 Å². The fourth-order valence-electron chi connectivity index (χ4n) is 5.32. The van der Waals surface area contributed by atoms with Crippen molar-refractivity contribution in [3.05, 3.63) is 77.4 Å². The summed E-state index contributed by atoms with van der Waals surface area (Å²) >= 11 is 0. The quantitative estimate of drug-likeness (QED) is 0.286. The van der Waals surface area contributed by atoms with Gasteiger partial charge in [-0.05, 0) is 30.7 Å². The first kappa shape index (κ1) is 17.8. The summed E-state index contributed by atoms with van der Waals surface area (Å²) < 4.78 is 5.65. The lowest BCUT2D eigenvalue weighted by Gasteiger charge is -2.22. The number of ketones is 2. The minimum atomic E-state index is -1.48. The molecule has 0 saturated heterocycles. The number of esters is 1. The van der Waals surface area contributed by atoms with Crippen molar-refractivity contribution >= 4 is 28.3 Å². The maximum Gasteiger partial charge on any atom is 0.326 e. The Hall–Kier alpha value is -3.27. The Kier molecular flexibility index (Phi) is 3.46. The molecule has 0 radical (unpaired) electrons. The molecule has 0 amide bonds. The van der Waals surface area contributed by atoms with E-state index in [1.54, 1.807) is 25.1 Å². The van der Waals surface area contributed by atoms with Crippen LogP contribution >= 0.6 is 0 Å². The van der Waals surface area contributed by atoms with Crippen LogP contribution < -0.4 is 4.74 Å². The maximum atomic E-state index is 13.6. The van der Waals surface area contributed by atoms with Gasteiger partial charge in [0, 0.05) is 17.0 Å². The molecule has 1 fully saturated rings. The van der Waals surface area contributed by atoms with Crippen LogP contribution in [-0.4, -0.2) is 17.5 Å². The summed E-state index contributed by atoms with van der Waals surface area (Å²) in [6, 6.07) is 18.7. The van der Waals surface area contributed by atoms with Crippen LogP contribution in [0.25, 0.3) is 10.8 Å². The number of rotatable bonds is 3. The van der Waals surface area contributed by atoms with Gasteiger partial charge in [0.15, 0.2) is 5.78 Å². The van der Waals surface area contributed by atoms with Crippen LogP contribution in [0, 0.1) is 17.8 Å². The van der Waals surface area contributed by atoms with Gasteiger partial charge < -0.3 is 4.74 Å². The van der Waals surface area contributed by atoms with E-state index < -0.39 is 22.7 Å². The number of fused-ring (bicyclic) bond motifs is 5. The van der Waals surface area contributed by atoms with Gasteiger partial charge in [0.1, 0.15) is 16.9 Å². The first-order valence-corrected chi connectivity index (χ1v) is 9.70. The third kappa shape index (κ3) is 2.01. The third-order valence-electron chi connectivity index (χ3n) is 6.83. The second-order valence-corrected chi connectivity index (χ2v) is 8.28. The zero-order valence-corrected chi connectivity index (χ0v) is 16.5. The lowest BCUT2D eigenvalue weighted by molar-refractivity contribution is -0.147. The Labute approximate surface area is 168 Å². The van der Waals surface area contributed by atoms with E-state index in [2.05, 4.69) is 0 Å². The van der Waals surface area contributed by atoms with E-state index >= 15 is 0 Å². The van der Waals surface area contributed by atoms with Gasteiger partial charge in [0.05, 0.1) is 5.41 Å². The molecule has 1 saturated carbocycles. The number of aryl methyl sites for hydroxylation is 1. The molecule has 0 unspecified atom stereocenters. The van der Waals surface area contributed by atoms with Crippen molar-refractivity contribution in [2.45, 2.75) is 26.7 Å². The van der Waals surface area contributed by atoms with Crippen LogP contribution in [0.4, 0.5) is 0 Å². The van der Waals surface area contributed by atoms with Crippen molar-refractivity contribution in [3.63, 3.8) is 0 Å². The molecule has 2 aliphatic rings. The lowest BCUT2D eigenvalue weighted by atomic mass is 9.84. The molecule has 0 bridgehead atoms. The molecule has 29 heavy (non-hydrogen) atoms.